The minimum atomic E-state index is -0.254. The summed E-state index contributed by atoms with van der Waals surface area (Å²) in [5, 5.41) is 11.9. The van der Waals surface area contributed by atoms with Gasteiger partial charge in [0.05, 0.1) is 18.2 Å². The van der Waals surface area contributed by atoms with Crippen LogP contribution in [0.25, 0.3) is 0 Å². The largest absolute Gasteiger partial charge is 0.493 e. The Labute approximate surface area is 148 Å². The first-order valence-electron chi connectivity index (χ1n) is 8.07. The first-order valence-corrected chi connectivity index (χ1v) is 8.48. The van der Waals surface area contributed by atoms with Crippen LogP contribution in [0.15, 0.2) is 24.3 Å². The zero-order valence-electron chi connectivity index (χ0n) is 13.8. The van der Waals surface area contributed by atoms with Gasteiger partial charge in [-0.3, -0.25) is 15.0 Å². The molecular weight excluding hydrogens is 324 g/mol. The Morgan fingerprint density at radius 2 is 2.04 bits per heavy atom. The number of thiocarbonyl (C=S) groups is 1. The van der Waals surface area contributed by atoms with Crippen LogP contribution in [0, 0.1) is 11.3 Å². The highest BCUT2D eigenvalue weighted by Gasteiger charge is 2.21. The van der Waals surface area contributed by atoms with Gasteiger partial charge in [0.25, 0.3) is 5.91 Å². The summed E-state index contributed by atoms with van der Waals surface area (Å²) >= 11 is 5.37. The van der Waals surface area contributed by atoms with Gasteiger partial charge in [-0.15, -0.1) is 0 Å². The van der Waals surface area contributed by atoms with Gasteiger partial charge >= 0.3 is 0 Å². The number of amides is 1. The van der Waals surface area contributed by atoms with Crippen molar-refractivity contribution in [1.82, 2.24) is 15.1 Å². The molecule has 128 valence electrons. The number of para-hydroxylation sites is 1. The third-order valence-corrected chi connectivity index (χ3v) is 4.21. The molecule has 1 amide bonds. The Balaban J connectivity index is 1.89. The Kier molecular flexibility index (Phi) is 6.97. The summed E-state index contributed by atoms with van der Waals surface area (Å²) in [5.74, 6) is 0.303. The van der Waals surface area contributed by atoms with Crippen molar-refractivity contribution in [3.05, 3.63) is 29.8 Å². The SMILES string of the molecule is CCOc1ccccc1C(=O)NC(=S)N1CCN(CCC#N)CC1. The van der Waals surface area contributed by atoms with Crippen LogP contribution >= 0.6 is 12.2 Å². The van der Waals surface area contributed by atoms with Crippen molar-refractivity contribution in [2.75, 3.05) is 39.3 Å². The number of carbonyl (C=O) groups excluding carboxylic acids is 1. The Morgan fingerprint density at radius 3 is 2.71 bits per heavy atom. The van der Waals surface area contributed by atoms with Crippen molar-refractivity contribution in [3.63, 3.8) is 0 Å². The third kappa shape index (κ3) is 4.91. The molecule has 0 spiro atoms. The van der Waals surface area contributed by atoms with Crippen LogP contribution in [0.4, 0.5) is 0 Å². The summed E-state index contributed by atoms with van der Waals surface area (Å²) < 4.78 is 5.49. The number of ether oxygens (including phenoxy) is 1. The number of nitrogens with one attached hydrogen (secondary N) is 1. The standard InChI is InChI=1S/C17H22N4O2S/c1-2-23-15-7-4-3-6-14(15)16(22)19-17(24)21-12-10-20(11-13-21)9-5-8-18/h3-4,6-7H,2,5,9-13H2,1H3,(H,19,22,24). The van der Waals surface area contributed by atoms with Gasteiger partial charge in [-0.05, 0) is 31.3 Å². The fraction of sp³-hybridized carbons (Fsp3) is 0.471. The zero-order valence-corrected chi connectivity index (χ0v) is 14.6. The molecule has 2 rings (SSSR count). The van der Waals surface area contributed by atoms with Crippen molar-refractivity contribution in [1.29, 1.82) is 5.26 Å². The molecule has 6 nitrogen and oxygen atoms in total. The molecule has 1 N–H and O–H groups in total. The van der Waals surface area contributed by atoms with E-state index in [1.807, 2.05) is 17.9 Å². The first kappa shape index (κ1) is 18.2. The molecule has 1 aromatic rings. The van der Waals surface area contributed by atoms with Gasteiger partial charge in [0.1, 0.15) is 5.75 Å². The third-order valence-electron chi connectivity index (χ3n) is 3.85. The smallest absolute Gasteiger partial charge is 0.261 e. The molecule has 0 aliphatic carbocycles. The van der Waals surface area contributed by atoms with E-state index in [1.165, 1.54) is 0 Å². The number of hydrogen-bond acceptors (Lipinski definition) is 5. The summed E-state index contributed by atoms with van der Waals surface area (Å²) in [5.41, 5.74) is 0.481. The number of nitrogens with zero attached hydrogens (tertiary/aromatic N) is 3. The van der Waals surface area contributed by atoms with Crippen molar-refractivity contribution in [2.24, 2.45) is 0 Å². The van der Waals surface area contributed by atoms with Crippen molar-refractivity contribution >= 4 is 23.2 Å². The second-order valence-corrected chi connectivity index (χ2v) is 5.81. The highest BCUT2D eigenvalue weighted by molar-refractivity contribution is 7.80. The molecule has 0 unspecified atom stereocenters. The Hall–Kier alpha value is -2.17. The molecule has 1 aliphatic heterocycles. The van der Waals surface area contributed by atoms with E-state index in [4.69, 9.17) is 22.2 Å². The van der Waals surface area contributed by atoms with Crippen molar-refractivity contribution in [2.45, 2.75) is 13.3 Å². The van der Waals surface area contributed by atoms with Crippen LogP contribution in [0.2, 0.25) is 0 Å². The van der Waals surface area contributed by atoms with Gasteiger partial charge < -0.3 is 9.64 Å². The summed E-state index contributed by atoms with van der Waals surface area (Å²) in [6.07, 6.45) is 0.537. The van der Waals surface area contributed by atoms with E-state index in [-0.39, 0.29) is 5.91 Å². The van der Waals surface area contributed by atoms with Crippen LogP contribution < -0.4 is 10.1 Å². The van der Waals surface area contributed by atoms with Gasteiger partial charge in [0, 0.05) is 39.1 Å². The molecule has 0 radical (unpaired) electrons. The number of nitriles is 1. The lowest BCUT2D eigenvalue weighted by Crippen LogP contribution is -2.52. The maximum Gasteiger partial charge on any atom is 0.261 e. The second-order valence-electron chi connectivity index (χ2n) is 5.43. The topological polar surface area (TPSA) is 68.6 Å². The lowest BCUT2D eigenvalue weighted by Gasteiger charge is -2.35. The second kappa shape index (κ2) is 9.21. The molecule has 1 saturated heterocycles. The van der Waals surface area contributed by atoms with Crippen LogP contribution in [0.1, 0.15) is 23.7 Å². The zero-order chi connectivity index (χ0) is 17.4. The van der Waals surface area contributed by atoms with E-state index in [0.29, 0.717) is 29.5 Å². The van der Waals surface area contributed by atoms with Gasteiger partial charge in [0.15, 0.2) is 5.11 Å². The van der Waals surface area contributed by atoms with Gasteiger partial charge in [-0.2, -0.15) is 5.26 Å². The van der Waals surface area contributed by atoms with Crippen LogP contribution in [0.5, 0.6) is 5.75 Å². The molecule has 0 saturated carbocycles. The molecule has 0 bridgehead atoms. The van der Waals surface area contributed by atoms with E-state index in [0.717, 1.165) is 32.7 Å². The van der Waals surface area contributed by atoms with Gasteiger partial charge in [-0.1, -0.05) is 12.1 Å². The minimum Gasteiger partial charge on any atom is -0.493 e. The van der Waals surface area contributed by atoms with Crippen molar-refractivity contribution in [3.8, 4) is 11.8 Å². The molecule has 7 heteroatoms. The van der Waals surface area contributed by atoms with E-state index in [9.17, 15) is 4.79 Å². The van der Waals surface area contributed by atoms with E-state index >= 15 is 0 Å². The van der Waals surface area contributed by atoms with Crippen LogP contribution in [-0.4, -0.2) is 60.2 Å². The molecule has 1 aromatic carbocycles. The van der Waals surface area contributed by atoms with Crippen molar-refractivity contribution < 1.29 is 9.53 Å². The average molecular weight is 346 g/mol. The number of hydrogen-bond donors (Lipinski definition) is 1. The van der Waals surface area contributed by atoms with Crippen LogP contribution in [-0.2, 0) is 0 Å². The fourth-order valence-electron chi connectivity index (χ4n) is 2.56. The lowest BCUT2D eigenvalue weighted by atomic mass is 10.2. The number of piperazine rings is 1. The first-order chi connectivity index (χ1) is 11.7. The Bertz CT molecular complexity index is 621. The van der Waals surface area contributed by atoms with Gasteiger partial charge in [-0.25, -0.2) is 0 Å². The lowest BCUT2D eigenvalue weighted by molar-refractivity contribution is 0.0966. The maximum atomic E-state index is 12.4. The summed E-state index contributed by atoms with van der Waals surface area (Å²) in [4.78, 5) is 16.7. The predicted octanol–water partition coefficient (Wildman–Crippen LogP) is 1.63. The summed E-state index contributed by atoms with van der Waals surface area (Å²) in [6.45, 7) is 6.34. The normalized spacial score (nSPS) is 14.8. The predicted molar refractivity (Wildman–Crippen MR) is 95.9 cm³/mol. The molecule has 24 heavy (non-hydrogen) atoms. The van der Waals surface area contributed by atoms with E-state index in [2.05, 4.69) is 16.3 Å². The van der Waals surface area contributed by atoms with Crippen LogP contribution in [0.3, 0.4) is 0 Å². The summed E-state index contributed by atoms with van der Waals surface area (Å²) in [7, 11) is 0. The molecule has 1 aliphatic rings. The van der Waals surface area contributed by atoms with E-state index in [1.54, 1.807) is 18.2 Å². The number of benzene rings is 1. The monoisotopic (exact) mass is 346 g/mol. The maximum absolute atomic E-state index is 12.4. The molecular formula is C17H22N4O2S. The number of rotatable bonds is 5. The Morgan fingerprint density at radius 1 is 1.33 bits per heavy atom. The molecule has 1 heterocycles. The minimum absolute atomic E-state index is 0.254. The van der Waals surface area contributed by atoms with E-state index < -0.39 is 0 Å². The highest BCUT2D eigenvalue weighted by atomic mass is 32.1. The van der Waals surface area contributed by atoms with Gasteiger partial charge in [0.2, 0.25) is 0 Å². The average Bonchev–Trinajstić information content (AvgIpc) is 2.61. The quantitative estimate of drug-likeness (QED) is 0.818. The summed E-state index contributed by atoms with van der Waals surface area (Å²) in [6, 6.07) is 9.29. The fourth-order valence-corrected chi connectivity index (χ4v) is 2.84. The molecule has 0 aromatic heterocycles. The molecule has 1 fully saturated rings. The highest BCUT2D eigenvalue weighted by Crippen LogP contribution is 2.17. The number of carbonyl (C=O) groups is 1. The molecule has 0 atom stereocenters.